The second kappa shape index (κ2) is 3.72. The van der Waals surface area contributed by atoms with E-state index in [0.29, 0.717) is 5.57 Å². The standard InChI is InChI=1S/C12H11ClO2/c13-12(15)7-6-10(14)8-11(12)9-4-2-1-3-5-9/h1-6,8,14-15H,7H2. The summed E-state index contributed by atoms with van der Waals surface area (Å²) in [4.78, 5) is 0. The summed E-state index contributed by atoms with van der Waals surface area (Å²) >= 11 is 5.97. The summed E-state index contributed by atoms with van der Waals surface area (Å²) in [5.74, 6) is 0.138. The number of aliphatic hydroxyl groups is 2. The van der Waals surface area contributed by atoms with Crippen LogP contribution in [0.2, 0.25) is 0 Å². The minimum absolute atomic E-state index is 0.138. The van der Waals surface area contributed by atoms with Gasteiger partial charge >= 0.3 is 0 Å². The molecule has 78 valence electrons. The SMILES string of the molecule is OC1=CCC(O)(Cl)C(c2ccccc2)=C1. The molecule has 0 aliphatic heterocycles. The van der Waals surface area contributed by atoms with E-state index in [0.717, 1.165) is 5.56 Å². The predicted molar refractivity (Wildman–Crippen MR) is 60.6 cm³/mol. The van der Waals surface area contributed by atoms with E-state index >= 15 is 0 Å². The largest absolute Gasteiger partial charge is 0.508 e. The van der Waals surface area contributed by atoms with E-state index in [1.807, 2.05) is 30.3 Å². The summed E-state index contributed by atoms with van der Waals surface area (Å²) < 4.78 is 0. The number of allylic oxidation sites excluding steroid dienone is 1. The highest BCUT2D eigenvalue weighted by Gasteiger charge is 2.31. The first kappa shape index (κ1) is 10.3. The molecule has 0 heterocycles. The Balaban J connectivity index is 2.47. The first-order valence-electron chi connectivity index (χ1n) is 4.67. The van der Waals surface area contributed by atoms with Crippen LogP contribution in [0, 0.1) is 0 Å². The quantitative estimate of drug-likeness (QED) is 0.718. The summed E-state index contributed by atoms with van der Waals surface area (Å²) in [5, 5.41) is 17.9. The van der Waals surface area contributed by atoms with E-state index in [9.17, 15) is 10.2 Å². The maximum Gasteiger partial charge on any atom is 0.168 e. The molecule has 3 heteroatoms. The average Bonchev–Trinajstić information content (AvgIpc) is 2.23. The highest BCUT2D eigenvalue weighted by Crippen LogP contribution is 2.37. The molecule has 0 fully saturated rings. The minimum atomic E-state index is -1.42. The highest BCUT2D eigenvalue weighted by molar-refractivity contribution is 6.29. The third-order valence-corrected chi connectivity index (χ3v) is 2.73. The average molecular weight is 223 g/mol. The molecule has 2 nitrogen and oxygen atoms in total. The van der Waals surface area contributed by atoms with Crippen molar-refractivity contribution in [1.29, 1.82) is 0 Å². The maximum atomic E-state index is 9.95. The Morgan fingerprint density at radius 3 is 2.53 bits per heavy atom. The molecule has 0 aromatic heterocycles. The lowest BCUT2D eigenvalue weighted by molar-refractivity contribution is 0.189. The van der Waals surface area contributed by atoms with Gasteiger partial charge in [0.05, 0.1) is 0 Å². The predicted octanol–water partition coefficient (Wildman–Crippen LogP) is 2.84. The summed E-state index contributed by atoms with van der Waals surface area (Å²) in [6.45, 7) is 0. The van der Waals surface area contributed by atoms with Crippen LogP contribution in [0.3, 0.4) is 0 Å². The number of halogens is 1. The molecule has 0 radical (unpaired) electrons. The van der Waals surface area contributed by atoms with Crippen molar-refractivity contribution < 1.29 is 10.2 Å². The molecule has 0 saturated heterocycles. The van der Waals surface area contributed by atoms with E-state index in [2.05, 4.69) is 0 Å². The molecular formula is C12H11ClO2. The van der Waals surface area contributed by atoms with Gasteiger partial charge < -0.3 is 10.2 Å². The van der Waals surface area contributed by atoms with Crippen molar-refractivity contribution in [1.82, 2.24) is 0 Å². The molecular weight excluding hydrogens is 212 g/mol. The molecule has 1 aromatic rings. The van der Waals surface area contributed by atoms with Gasteiger partial charge in [0.2, 0.25) is 0 Å². The Kier molecular flexibility index (Phi) is 2.55. The van der Waals surface area contributed by atoms with Crippen LogP contribution < -0.4 is 0 Å². The molecule has 0 bridgehead atoms. The fourth-order valence-corrected chi connectivity index (χ4v) is 1.83. The van der Waals surface area contributed by atoms with Crippen molar-refractivity contribution in [3.8, 4) is 0 Å². The lowest BCUT2D eigenvalue weighted by atomic mass is 9.93. The van der Waals surface area contributed by atoms with Gasteiger partial charge in [-0.05, 0) is 17.7 Å². The van der Waals surface area contributed by atoms with Crippen LogP contribution >= 0.6 is 11.6 Å². The van der Waals surface area contributed by atoms with Crippen molar-refractivity contribution in [2.24, 2.45) is 0 Å². The van der Waals surface area contributed by atoms with Crippen LogP contribution in [0.5, 0.6) is 0 Å². The number of benzene rings is 1. The minimum Gasteiger partial charge on any atom is -0.508 e. The lowest BCUT2D eigenvalue weighted by Gasteiger charge is -2.26. The normalized spacial score (nSPS) is 25.7. The van der Waals surface area contributed by atoms with Crippen molar-refractivity contribution in [2.45, 2.75) is 11.5 Å². The molecule has 1 atom stereocenters. The lowest BCUT2D eigenvalue weighted by Crippen LogP contribution is -2.24. The Bertz CT molecular complexity index is 419. The summed E-state index contributed by atoms with van der Waals surface area (Å²) in [6.07, 6.45) is 3.20. The van der Waals surface area contributed by atoms with Crippen LogP contribution in [0.15, 0.2) is 48.2 Å². The van der Waals surface area contributed by atoms with E-state index in [-0.39, 0.29) is 12.2 Å². The van der Waals surface area contributed by atoms with Gasteiger partial charge in [-0.15, -0.1) is 0 Å². The molecule has 0 spiro atoms. The van der Waals surface area contributed by atoms with Gasteiger partial charge in [0, 0.05) is 12.0 Å². The number of aliphatic hydroxyl groups excluding tert-OH is 1. The van der Waals surface area contributed by atoms with E-state index in [4.69, 9.17) is 11.6 Å². The van der Waals surface area contributed by atoms with Gasteiger partial charge in [0.25, 0.3) is 0 Å². The van der Waals surface area contributed by atoms with Crippen LogP contribution in [0.1, 0.15) is 12.0 Å². The second-order valence-corrected chi connectivity index (χ2v) is 4.14. The van der Waals surface area contributed by atoms with Crippen molar-refractivity contribution in [2.75, 3.05) is 0 Å². The second-order valence-electron chi connectivity index (χ2n) is 3.52. The first-order valence-corrected chi connectivity index (χ1v) is 5.05. The molecule has 1 unspecified atom stereocenters. The number of hydrogen-bond acceptors (Lipinski definition) is 2. The number of alkyl halides is 1. The fourth-order valence-electron chi connectivity index (χ4n) is 1.59. The van der Waals surface area contributed by atoms with Crippen molar-refractivity contribution >= 4 is 17.2 Å². The van der Waals surface area contributed by atoms with Gasteiger partial charge in [0.15, 0.2) is 5.06 Å². The molecule has 2 rings (SSSR count). The van der Waals surface area contributed by atoms with Crippen LogP contribution in [0.4, 0.5) is 0 Å². The zero-order valence-electron chi connectivity index (χ0n) is 8.02. The zero-order chi connectivity index (χ0) is 10.9. The maximum absolute atomic E-state index is 9.95. The van der Waals surface area contributed by atoms with Crippen LogP contribution in [-0.4, -0.2) is 15.3 Å². The summed E-state index contributed by atoms with van der Waals surface area (Å²) in [7, 11) is 0. The number of rotatable bonds is 1. The van der Waals surface area contributed by atoms with Crippen molar-refractivity contribution in [3.05, 3.63) is 53.8 Å². The van der Waals surface area contributed by atoms with Crippen LogP contribution in [-0.2, 0) is 0 Å². The summed E-state index contributed by atoms with van der Waals surface area (Å²) in [5.41, 5.74) is 1.35. The Labute approximate surface area is 93.1 Å². The monoisotopic (exact) mass is 222 g/mol. The Morgan fingerprint density at radius 1 is 1.20 bits per heavy atom. The smallest absolute Gasteiger partial charge is 0.168 e. The molecule has 1 aliphatic rings. The molecule has 0 saturated carbocycles. The molecule has 2 N–H and O–H groups in total. The fraction of sp³-hybridized carbons (Fsp3) is 0.167. The topological polar surface area (TPSA) is 40.5 Å². The first-order chi connectivity index (χ1) is 7.09. The van der Waals surface area contributed by atoms with Gasteiger partial charge in [0.1, 0.15) is 5.76 Å². The van der Waals surface area contributed by atoms with Crippen molar-refractivity contribution in [3.63, 3.8) is 0 Å². The Hall–Kier alpha value is -1.25. The third kappa shape index (κ3) is 2.06. The molecule has 15 heavy (non-hydrogen) atoms. The van der Waals surface area contributed by atoms with Gasteiger partial charge in [-0.25, -0.2) is 0 Å². The molecule has 1 aliphatic carbocycles. The van der Waals surface area contributed by atoms with Crippen LogP contribution in [0.25, 0.3) is 5.57 Å². The molecule has 0 amide bonds. The third-order valence-electron chi connectivity index (χ3n) is 2.37. The number of hydrogen-bond donors (Lipinski definition) is 2. The van der Waals surface area contributed by atoms with E-state index < -0.39 is 5.06 Å². The van der Waals surface area contributed by atoms with Gasteiger partial charge in [-0.2, -0.15) is 0 Å². The zero-order valence-corrected chi connectivity index (χ0v) is 8.78. The van der Waals surface area contributed by atoms with Gasteiger partial charge in [-0.1, -0.05) is 41.9 Å². The highest BCUT2D eigenvalue weighted by atomic mass is 35.5. The van der Waals surface area contributed by atoms with Gasteiger partial charge in [-0.3, -0.25) is 0 Å². The van der Waals surface area contributed by atoms with E-state index in [1.54, 1.807) is 0 Å². The van der Waals surface area contributed by atoms with E-state index in [1.165, 1.54) is 12.2 Å². The summed E-state index contributed by atoms with van der Waals surface area (Å²) in [6, 6.07) is 9.29. The molecule has 1 aromatic carbocycles. The Morgan fingerprint density at radius 2 is 1.87 bits per heavy atom.